The summed E-state index contributed by atoms with van der Waals surface area (Å²) in [4.78, 5) is 47.0. The number of amides is 3. The second-order valence-electron chi connectivity index (χ2n) is 6.51. The number of non-ortho nitro benzene ring substituents is 1. The van der Waals surface area contributed by atoms with Crippen LogP contribution in [0.3, 0.4) is 0 Å². The number of halogens is 1. The van der Waals surface area contributed by atoms with Crippen LogP contribution in [0.25, 0.3) is 0 Å². The SMILES string of the molecule is O=C(N/N=C\c1ccc([N+](=O)[O-])cc1)C(=O)Nc1ccccc1C(=O)Nc1ccc(Br)cc1. The Morgan fingerprint density at radius 2 is 1.55 bits per heavy atom. The first-order valence-electron chi connectivity index (χ1n) is 9.38. The topological polar surface area (TPSA) is 143 Å². The van der Waals surface area contributed by atoms with Gasteiger partial charge in [-0.15, -0.1) is 0 Å². The Morgan fingerprint density at radius 3 is 2.21 bits per heavy atom. The van der Waals surface area contributed by atoms with E-state index in [0.717, 1.165) is 4.47 Å². The molecule has 11 heteroatoms. The third kappa shape index (κ3) is 6.55. The fraction of sp³-hybridized carbons (Fsp3) is 0. The van der Waals surface area contributed by atoms with Crippen LogP contribution in [0, 0.1) is 10.1 Å². The molecule has 0 atom stereocenters. The molecule has 0 aliphatic carbocycles. The number of nitrogens with zero attached hydrogens (tertiary/aromatic N) is 2. The molecule has 33 heavy (non-hydrogen) atoms. The zero-order valence-electron chi connectivity index (χ0n) is 16.8. The van der Waals surface area contributed by atoms with Gasteiger partial charge in [0, 0.05) is 22.3 Å². The molecule has 0 heterocycles. The average molecular weight is 510 g/mol. The molecule has 0 saturated carbocycles. The number of hydrogen-bond donors (Lipinski definition) is 3. The van der Waals surface area contributed by atoms with Crippen molar-refractivity contribution in [2.75, 3.05) is 10.6 Å². The number of benzene rings is 3. The molecule has 3 aromatic carbocycles. The highest BCUT2D eigenvalue weighted by molar-refractivity contribution is 9.10. The van der Waals surface area contributed by atoms with Gasteiger partial charge in [-0.25, -0.2) is 5.43 Å². The first-order chi connectivity index (χ1) is 15.8. The van der Waals surface area contributed by atoms with E-state index in [4.69, 9.17) is 0 Å². The Morgan fingerprint density at radius 1 is 0.879 bits per heavy atom. The summed E-state index contributed by atoms with van der Waals surface area (Å²) in [5, 5.41) is 19.4. The molecule has 0 fully saturated rings. The summed E-state index contributed by atoms with van der Waals surface area (Å²) in [7, 11) is 0. The predicted molar refractivity (Wildman–Crippen MR) is 126 cm³/mol. The molecule has 0 aromatic heterocycles. The molecule has 3 amide bonds. The molecule has 0 spiro atoms. The molecule has 0 radical (unpaired) electrons. The monoisotopic (exact) mass is 509 g/mol. The van der Waals surface area contributed by atoms with Crippen LogP contribution in [0.4, 0.5) is 17.1 Å². The van der Waals surface area contributed by atoms with Crippen molar-refractivity contribution in [1.29, 1.82) is 0 Å². The molecule has 10 nitrogen and oxygen atoms in total. The number of hydrogen-bond acceptors (Lipinski definition) is 6. The van der Waals surface area contributed by atoms with Crippen LogP contribution >= 0.6 is 15.9 Å². The summed E-state index contributed by atoms with van der Waals surface area (Å²) in [5.74, 6) is -2.55. The minimum atomic E-state index is -1.06. The second kappa shape index (κ2) is 10.8. The van der Waals surface area contributed by atoms with Gasteiger partial charge in [-0.2, -0.15) is 5.10 Å². The quantitative estimate of drug-likeness (QED) is 0.201. The van der Waals surface area contributed by atoms with Crippen molar-refractivity contribution in [2.24, 2.45) is 5.10 Å². The zero-order valence-corrected chi connectivity index (χ0v) is 18.4. The van der Waals surface area contributed by atoms with Gasteiger partial charge >= 0.3 is 11.8 Å². The number of nitro groups is 1. The lowest BCUT2D eigenvalue weighted by atomic mass is 10.1. The molecule has 3 aromatic rings. The van der Waals surface area contributed by atoms with E-state index >= 15 is 0 Å². The van der Waals surface area contributed by atoms with Crippen molar-refractivity contribution in [3.05, 3.63) is 98.5 Å². The molecular weight excluding hydrogens is 494 g/mol. The maximum absolute atomic E-state index is 12.6. The summed E-state index contributed by atoms with van der Waals surface area (Å²) in [6.07, 6.45) is 1.23. The Bertz CT molecular complexity index is 1230. The third-order valence-electron chi connectivity index (χ3n) is 4.21. The van der Waals surface area contributed by atoms with E-state index in [0.29, 0.717) is 11.3 Å². The Kier molecular flexibility index (Phi) is 7.60. The smallest absolute Gasteiger partial charge is 0.322 e. The van der Waals surface area contributed by atoms with Gasteiger partial charge < -0.3 is 10.6 Å². The Hall–Kier alpha value is -4.38. The van der Waals surface area contributed by atoms with Crippen molar-refractivity contribution >= 4 is 56.9 Å². The maximum Gasteiger partial charge on any atom is 0.329 e. The number of rotatable bonds is 6. The Balaban J connectivity index is 1.61. The number of nitrogens with one attached hydrogen (secondary N) is 3. The summed E-state index contributed by atoms with van der Waals surface area (Å²) in [6.45, 7) is 0. The minimum absolute atomic E-state index is 0.0848. The molecule has 0 bridgehead atoms. The van der Waals surface area contributed by atoms with Gasteiger partial charge in [0.05, 0.1) is 22.4 Å². The van der Waals surface area contributed by atoms with E-state index in [9.17, 15) is 24.5 Å². The lowest BCUT2D eigenvalue weighted by Gasteiger charge is -2.11. The lowest BCUT2D eigenvalue weighted by molar-refractivity contribution is -0.384. The molecule has 166 valence electrons. The summed E-state index contributed by atoms with van der Waals surface area (Å²) in [6, 6.07) is 18.6. The Labute approximate surface area is 196 Å². The van der Waals surface area contributed by atoms with Crippen LogP contribution in [-0.2, 0) is 9.59 Å². The van der Waals surface area contributed by atoms with Crippen molar-refractivity contribution < 1.29 is 19.3 Å². The highest BCUT2D eigenvalue weighted by Crippen LogP contribution is 2.19. The number of para-hydroxylation sites is 1. The number of nitro benzene ring substituents is 1. The fourth-order valence-corrected chi connectivity index (χ4v) is 2.86. The lowest BCUT2D eigenvalue weighted by Crippen LogP contribution is -2.33. The second-order valence-corrected chi connectivity index (χ2v) is 7.42. The van der Waals surface area contributed by atoms with Crippen LogP contribution in [-0.4, -0.2) is 28.9 Å². The van der Waals surface area contributed by atoms with E-state index in [1.165, 1.54) is 42.6 Å². The zero-order chi connectivity index (χ0) is 23.8. The normalized spacial score (nSPS) is 10.5. The van der Waals surface area contributed by atoms with Gasteiger partial charge in [0.25, 0.3) is 11.6 Å². The summed E-state index contributed by atoms with van der Waals surface area (Å²) in [5.41, 5.74) is 3.33. The molecule has 0 aliphatic rings. The van der Waals surface area contributed by atoms with E-state index in [2.05, 4.69) is 37.1 Å². The van der Waals surface area contributed by atoms with Gasteiger partial charge in [0.2, 0.25) is 0 Å². The maximum atomic E-state index is 12.6. The van der Waals surface area contributed by atoms with Crippen LogP contribution in [0.1, 0.15) is 15.9 Å². The van der Waals surface area contributed by atoms with Crippen molar-refractivity contribution in [3.63, 3.8) is 0 Å². The van der Waals surface area contributed by atoms with Gasteiger partial charge in [-0.05, 0) is 54.1 Å². The van der Waals surface area contributed by atoms with Gasteiger partial charge in [0.15, 0.2) is 0 Å². The third-order valence-corrected chi connectivity index (χ3v) is 4.74. The van der Waals surface area contributed by atoms with Gasteiger partial charge in [0.1, 0.15) is 0 Å². The van der Waals surface area contributed by atoms with Gasteiger partial charge in [-0.3, -0.25) is 24.5 Å². The molecule has 3 rings (SSSR count). The number of carbonyl (C=O) groups excluding carboxylic acids is 3. The summed E-state index contributed by atoms with van der Waals surface area (Å²) >= 11 is 3.32. The first-order valence-corrected chi connectivity index (χ1v) is 10.2. The largest absolute Gasteiger partial charge is 0.329 e. The van der Waals surface area contributed by atoms with E-state index in [-0.39, 0.29) is 16.9 Å². The molecule has 0 unspecified atom stereocenters. The summed E-state index contributed by atoms with van der Waals surface area (Å²) < 4.78 is 0.857. The average Bonchev–Trinajstić information content (AvgIpc) is 2.81. The highest BCUT2D eigenvalue weighted by Gasteiger charge is 2.17. The van der Waals surface area contributed by atoms with E-state index in [1.54, 1.807) is 36.4 Å². The molecule has 0 aliphatic heterocycles. The fourth-order valence-electron chi connectivity index (χ4n) is 2.60. The van der Waals surface area contributed by atoms with Crippen LogP contribution < -0.4 is 16.1 Å². The minimum Gasteiger partial charge on any atom is -0.322 e. The van der Waals surface area contributed by atoms with Crippen LogP contribution in [0.2, 0.25) is 0 Å². The molecule has 0 saturated heterocycles. The van der Waals surface area contributed by atoms with Crippen molar-refractivity contribution in [2.45, 2.75) is 0 Å². The molecule has 3 N–H and O–H groups in total. The predicted octanol–water partition coefficient (Wildman–Crippen LogP) is 3.70. The number of hydrazone groups is 1. The standard InChI is InChI=1S/C22H16BrN5O5/c23-15-7-9-16(10-8-15)25-20(29)18-3-1-2-4-19(18)26-21(30)22(31)27-24-13-14-5-11-17(12-6-14)28(32)33/h1-13H,(H,25,29)(H,26,30)(H,27,31)/b24-13-. The van der Waals surface area contributed by atoms with Crippen LogP contribution in [0.5, 0.6) is 0 Å². The number of carbonyl (C=O) groups is 3. The van der Waals surface area contributed by atoms with E-state index < -0.39 is 22.6 Å². The van der Waals surface area contributed by atoms with Crippen LogP contribution in [0.15, 0.2) is 82.4 Å². The highest BCUT2D eigenvalue weighted by atomic mass is 79.9. The van der Waals surface area contributed by atoms with Crippen molar-refractivity contribution in [3.8, 4) is 0 Å². The van der Waals surface area contributed by atoms with Crippen molar-refractivity contribution in [1.82, 2.24) is 5.43 Å². The molecular formula is C22H16BrN5O5. The van der Waals surface area contributed by atoms with E-state index in [1.807, 2.05) is 0 Å². The number of anilines is 2. The first kappa shape index (κ1) is 23.3. The van der Waals surface area contributed by atoms with Gasteiger partial charge in [-0.1, -0.05) is 28.1 Å².